The van der Waals surface area contributed by atoms with Crippen LogP contribution in [-0.4, -0.2) is 37.7 Å². The normalized spacial score (nSPS) is 17.6. The molecular weight excluding hydrogens is 342 g/mol. The maximum atomic E-state index is 13.0. The van der Waals surface area contributed by atoms with E-state index in [-0.39, 0.29) is 11.9 Å². The lowest BCUT2D eigenvalue weighted by molar-refractivity contribution is -0.144. The topological polar surface area (TPSA) is 48.0 Å². The van der Waals surface area contributed by atoms with Gasteiger partial charge in [-0.2, -0.15) is 0 Å². The van der Waals surface area contributed by atoms with Gasteiger partial charge < -0.3 is 19.1 Å². The Morgan fingerprint density at radius 2 is 1.93 bits per heavy atom. The molecule has 1 aliphatic heterocycles. The van der Waals surface area contributed by atoms with Gasteiger partial charge in [0.25, 0.3) is 5.91 Å². The third-order valence-corrected chi connectivity index (χ3v) is 5.02. The van der Waals surface area contributed by atoms with Crippen molar-refractivity contribution in [3.63, 3.8) is 0 Å². The first-order chi connectivity index (χ1) is 13.1. The van der Waals surface area contributed by atoms with E-state index in [1.165, 1.54) is 0 Å². The fraction of sp³-hybridized carbons (Fsp3) is 0.409. The lowest BCUT2D eigenvalue weighted by Gasteiger charge is -2.29. The van der Waals surface area contributed by atoms with E-state index < -0.39 is 6.10 Å². The Bertz CT molecular complexity index is 762. The molecule has 0 bridgehead atoms. The summed E-state index contributed by atoms with van der Waals surface area (Å²) in [6, 6.07) is 15.6. The largest absolute Gasteiger partial charge is 0.497 e. The molecule has 3 rings (SSSR count). The lowest BCUT2D eigenvalue weighted by atomic mass is 10.0. The highest BCUT2D eigenvalue weighted by Gasteiger charge is 2.34. The SMILES string of the molecule is COc1ccc(OC)c(C2CCCN2C(=O)C(C)OCc2ccccc2)c1. The maximum Gasteiger partial charge on any atom is 0.251 e. The number of methoxy groups -OCH3 is 2. The highest BCUT2D eigenvalue weighted by Crippen LogP contribution is 2.39. The molecule has 0 N–H and O–H groups in total. The number of nitrogens with zero attached hydrogens (tertiary/aromatic N) is 1. The molecule has 0 saturated carbocycles. The fourth-order valence-corrected chi connectivity index (χ4v) is 3.55. The Balaban J connectivity index is 1.72. The number of hydrogen-bond donors (Lipinski definition) is 0. The van der Waals surface area contributed by atoms with Gasteiger partial charge >= 0.3 is 0 Å². The van der Waals surface area contributed by atoms with Crippen molar-refractivity contribution in [1.82, 2.24) is 4.90 Å². The summed E-state index contributed by atoms with van der Waals surface area (Å²) in [6.45, 7) is 2.97. The van der Waals surface area contributed by atoms with Crippen LogP contribution in [0, 0.1) is 0 Å². The van der Waals surface area contributed by atoms with Crippen molar-refractivity contribution in [3.8, 4) is 11.5 Å². The molecule has 2 unspecified atom stereocenters. The molecule has 0 aromatic heterocycles. The number of carbonyl (C=O) groups excluding carboxylic acids is 1. The number of amides is 1. The Morgan fingerprint density at radius 3 is 2.63 bits per heavy atom. The Kier molecular flexibility index (Phi) is 6.35. The first kappa shape index (κ1) is 19.2. The highest BCUT2D eigenvalue weighted by atomic mass is 16.5. The molecule has 0 radical (unpaired) electrons. The van der Waals surface area contributed by atoms with Gasteiger partial charge in [-0.15, -0.1) is 0 Å². The van der Waals surface area contributed by atoms with Crippen molar-refractivity contribution >= 4 is 5.91 Å². The number of rotatable bonds is 7. The van der Waals surface area contributed by atoms with Crippen LogP contribution in [0.5, 0.6) is 11.5 Å². The molecule has 1 heterocycles. The number of hydrogen-bond acceptors (Lipinski definition) is 4. The quantitative estimate of drug-likeness (QED) is 0.741. The number of likely N-dealkylation sites (tertiary alicyclic amines) is 1. The average molecular weight is 369 g/mol. The number of ether oxygens (including phenoxy) is 3. The van der Waals surface area contributed by atoms with Crippen LogP contribution >= 0.6 is 0 Å². The Labute approximate surface area is 160 Å². The molecule has 1 amide bonds. The molecule has 2 atom stereocenters. The average Bonchev–Trinajstić information content (AvgIpc) is 3.21. The molecule has 2 aromatic rings. The first-order valence-corrected chi connectivity index (χ1v) is 9.32. The van der Waals surface area contributed by atoms with Gasteiger partial charge in [0, 0.05) is 12.1 Å². The van der Waals surface area contributed by atoms with Crippen LogP contribution in [0.4, 0.5) is 0 Å². The zero-order valence-electron chi connectivity index (χ0n) is 16.2. The summed E-state index contributed by atoms with van der Waals surface area (Å²) in [5, 5.41) is 0. The summed E-state index contributed by atoms with van der Waals surface area (Å²) in [6.07, 6.45) is 1.37. The summed E-state index contributed by atoms with van der Waals surface area (Å²) < 4.78 is 16.7. The second-order valence-corrected chi connectivity index (χ2v) is 6.74. The Hall–Kier alpha value is -2.53. The van der Waals surface area contributed by atoms with Crippen LogP contribution in [0.3, 0.4) is 0 Å². The number of carbonyl (C=O) groups is 1. The fourth-order valence-electron chi connectivity index (χ4n) is 3.55. The molecule has 0 aliphatic carbocycles. The third kappa shape index (κ3) is 4.42. The highest BCUT2D eigenvalue weighted by molar-refractivity contribution is 5.81. The van der Waals surface area contributed by atoms with E-state index in [4.69, 9.17) is 14.2 Å². The monoisotopic (exact) mass is 369 g/mol. The summed E-state index contributed by atoms with van der Waals surface area (Å²) in [7, 11) is 3.29. The second-order valence-electron chi connectivity index (χ2n) is 6.74. The van der Waals surface area contributed by atoms with E-state index >= 15 is 0 Å². The van der Waals surface area contributed by atoms with E-state index in [1.54, 1.807) is 14.2 Å². The first-order valence-electron chi connectivity index (χ1n) is 9.32. The van der Waals surface area contributed by atoms with Crippen molar-refractivity contribution in [3.05, 3.63) is 59.7 Å². The summed E-state index contributed by atoms with van der Waals surface area (Å²) in [5.74, 6) is 1.55. The molecule has 1 fully saturated rings. The van der Waals surface area contributed by atoms with Crippen LogP contribution in [0.25, 0.3) is 0 Å². The van der Waals surface area contributed by atoms with Crippen LogP contribution in [0.2, 0.25) is 0 Å². The zero-order valence-corrected chi connectivity index (χ0v) is 16.2. The van der Waals surface area contributed by atoms with Gasteiger partial charge in [0.1, 0.15) is 17.6 Å². The minimum Gasteiger partial charge on any atom is -0.497 e. The molecule has 1 saturated heterocycles. The molecule has 5 nitrogen and oxygen atoms in total. The van der Waals surface area contributed by atoms with Gasteiger partial charge in [-0.25, -0.2) is 0 Å². The smallest absolute Gasteiger partial charge is 0.251 e. The maximum absolute atomic E-state index is 13.0. The molecule has 0 spiro atoms. The molecule has 144 valence electrons. The predicted molar refractivity (Wildman–Crippen MR) is 104 cm³/mol. The van der Waals surface area contributed by atoms with Crippen molar-refractivity contribution in [2.45, 2.75) is 38.5 Å². The van der Waals surface area contributed by atoms with Gasteiger partial charge in [-0.1, -0.05) is 30.3 Å². The zero-order chi connectivity index (χ0) is 19.2. The van der Waals surface area contributed by atoms with Crippen molar-refractivity contribution in [2.75, 3.05) is 20.8 Å². The third-order valence-electron chi connectivity index (χ3n) is 5.02. The minimum atomic E-state index is -0.498. The van der Waals surface area contributed by atoms with Crippen LogP contribution in [0.15, 0.2) is 48.5 Å². The van der Waals surface area contributed by atoms with Crippen molar-refractivity contribution in [1.29, 1.82) is 0 Å². The molecule has 5 heteroatoms. The van der Waals surface area contributed by atoms with Gasteiger partial charge in [-0.3, -0.25) is 4.79 Å². The van der Waals surface area contributed by atoms with E-state index in [0.29, 0.717) is 6.61 Å². The van der Waals surface area contributed by atoms with Crippen LogP contribution in [0.1, 0.15) is 36.9 Å². The van der Waals surface area contributed by atoms with Crippen LogP contribution < -0.4 is 9.47 Å². The standard InChI is InChI=1S/C22H27NO4/c1-16(27-15-17-8-5-4-6-9-17)22(24)23-13-7-10-20(23)19-14-18(25-2)11-12-21(19)26-3/h4-6,8-9,11-12,14,16,20H,7,10,13,15H2,1-3H3. The van der Waals surface area contributed by atoms with E-state index in [0.717, 1.165) is 42.0 Å². The molecular formula is C22H27NO4. The molecule has 1 aliphatic rings. The van der Waals surface area contributed by atoms with Gasteiger partial charge in [-0.05, 0) is 43.5 Å². The summed E-state index contributed by atoms with van der Waals surface area (Å²) >= 11 is 0. The second kappa shape index (κ2) is 8.91. The van der Waals surface area contributed by atoms with E-state index in [9.17, 15) is 4.79 Å². The number of benzene rings is 2. The predicted octanol–water partition coefficient (Wildman–Crippen LogP) is 3.97. The van der Waals surface area contributed by atoms with Gasteiger partial charge in [0.2, 0.25) is 0 Å². The van der Waals surface area contributed by atoms with Gasteiger partial charge in [0.05, 0.1) is 26.9 Å². The summed E-state index contributed by atoms with van der Waals surface area (Å²) in [5.41, 5.74) is 2.04. The molecule has 2 aromatic carbocycles. The lowest BCUT2D eigenvalue weighted by Crippen LogP contribution is -2.38. The van der Waals surface area contributed by atoms with Crippen molar-refractivity contribution in [2.24, 2.45) is 0 Å². The van der Waals surface area contributed by atoms with Crippen LogP contribution in [-0.2, 0) is 16.1 Å². The summed E-state index contributed by atoms with van der Waals surface area (Å²) in [4.78, 5) is 14.9. The van der Waals surface area contributed by atoms with E-state index in [2.05, 4.69) is 0 Å². The van der Waals surface area contributed by atoms with E-state index in [1.807, 2.05) is 60.4 Å². The Morgan fingerprint density at radius 1 is 1.15 bits per heavy atom. The van der Waals surface area contributed by atoms with Crippen molar-refractivity contribution < 1.29 is 19.0 Å². The molecule has 27 heavy (non-hydrogen) atoms. The minimum absolute atomic E-state index is 0.0123. The van der Waals surface area contributed by atoms with Gasteiger partial charge in [0.15, 0.2) is 0 Å².